The van der Waals surface area contributed by atoms with Gasteiger partial charge in [0.2, 0.25) is 5.89 Å². The molecule has 1 rings (SSSR count). The van der Waals surface area contributed by atoms with Crippen LogP contribution >= 0.6 is 24.0 Å². The van der Waals surface area contributed by atoms with Gasteiger partial charge in [-0.3, -0.25) is 9.79 Å². The molecule has 0 unspecified atom stereocenters. The Balaban J connectivity index is 0.00000729. The zero-order valence-corrected chi connectivity index (χ0v) is 20.3. The summed E-state index contributed by atoms with van der Waals surface area (Å²) in [6.45, 7) is 9.96. The van der Waals surface area contributed by atoms with E-state index in [1.165, 1.54) is 0 Å². The summed E-state index contributed by atoms with van der Waals surface area (Å²) in [5.41, 5.74) is -0.0402. The molecule has 0 radical (unpaired) electrons. The number of carbonyl (C=O) groups is 1. The number of hydrogen-bond donors (Lipinski definition) is 2. The molecule has 28 heavy (non-hydrogen) atoms. The van der Waals surface area contributed by atoms with Gasteiger partial charge in [0.15, 0.2) is 5.96 Å². The third-order valence-corrected chi connectivity index (χ3v) is 4.08. The predicted molar refractivity (Wildman–Crippen MR) is 123 cm³/mol. The maximum atomic E-state index is 11.2. The van der Waals surface area contributed by atoms with E-state index in [9.17, 15) is 4.79 Å². The summed E-state index contributed by atoms with van der Waals surface area (Å²) in [6, 6.07) is 0. The summed E-state index contributed by atoms with van der Waals surface area (Å²) in [5.74, 6) is 2.19. The van der Waals surface area contributed by atoms with E-state index in [4.69, 9.17) is 9.15 Å². The number of aliphatic imine (C=N–C) groups is 1. The van der Waals surface area contributed by atoms with Crippen LogP contribution in [0.1, 0.15) is 77.9 Å². The average Bonchev–Trinajstić information content (AvgIpc) is 3.09. The Kier molecular flexibility index (Phi) is 14.0. The van der Waals surface area contributed by atoms with Gasteiger partial charge in [0.05, 0.1) is 19.3 Å². The van der Waals surface area contributed by atoms with Crippen LogP contribution in [0, 0.1) is 0 Å². The van der Waals surface area contributed by atoms with Crippen molar-refractivity contribution in [3.8, 4) is 0 Å². The first-order valence-corrected chi connectivity index (χ1v) is 9.92. The highest BCUT2D eigenvalue weighted by Crippen LogP contribution is 2.22. The number of carbonyl (C=O) groups excluding carboxylic acids is 1. The highest BCUT2D eigenvalue weighted by molar-refractivity contribution is 14.0. The summed E-state index contributed by atoms with van der Waals surface area (Å²) in [4.78, 5) is 19.8. The molecule has 1 aromatic heterocycles. The number of oxazole rings is 1. The van der Waals surface area contributed by atoms with Crippen molar-refractivity contribution in [1.29, 1.82) is 0 Å². The molecule has 162 valence electrons. The Labute approximate surface area is 186 Å². The second-order valence-electron chi connectivity index (χ2n) is 7.54. The summed E-state index contributed by atoms with van der Waals surface area (Å²) < 4.78 is 10.7. The maximum absolute atomic E-state index is 11.2. The van der Waals surface area contributed by atoms with Crippen LogP contribution in [0.15, 0.2) is 15.6 Å². The second kappa shape index (κ2) is 14.6. The minimum Gasteiger partial charge on any atom is -0.466 e. The van der Waals surface area contributed by atoms with Gasteiger partial charge >= 0.3 is 5.97 Å². The van der Waals surface area contributed by atoms with Crippen molar-refractivity contribution in [3.05, 3.63) is 17.8 Å². The highest BCUT2D eigenvalue weighted by Gasteiger charge is 2.19. The molecule has 1 heterocycles. The topological polar surface area (TPSA) is 88.8 Å². The summed E-state index contributed by atoms with van der Waals surface area (Å²) >= 11 is 0. The Morgan fingerprint density at radius 2 is 1.86 bits per heavy atom. The van der Waals surface area contributed by atoms with Gasteiger partial charge in [0.25, 0.3) is 0 Å². The lowest BCUT2D eigenvalue weighted by Gasteiger charge is -2.13. The molecule has 0 bridgehead atoms. The molecule has 0 aliphatic carbocycles. The standard InChI is InChI=1S/C20H36N4O3.HI/c1-6-26-18(25)12-10-8-7-9-11-13-22-19(21-5)24-15-17-23-14-16(27-17)20(2,3)4;/h14H,6-13,15H2,1-5H3,(H2,21,22,24);1H. The molecule has 0 spiro atoms. The first kappa shape index (κ1) is 26.7. The number of hydrogen-bond acceptors (Lipinski definition) is 5. The van der Waals surface area contributed by atoms with Crippen LogP contribution < -0.4 is 10.6 Å². The predicted octanol–water partition coefficient (Wildman–Crippen LogP) is 4.16. The fourth-order valence-corrected chi connectivity index (χ4v) is 2.48. The van der Waals surface area contributed by atoms with Crippen LogP contribution in [-0.4, -0.2) is 37.1 Å². The Morgan fingerprint density at radius 3 is 2.46 bits per heavy atom. The van der Waals surface area contributed by atoms with Crippen molar-refractivity contribution >= 4 is 35.9 Å². The van der Waals surface area contributed by atoms with Crippen LogP contribution in [0.5, 0.6) is 0 Å². The van der Waals surface area contributed by atoms with Gasteiger partial charge in [-0.15, -0.1) is 24.0 Å². The molecular formula is C20H37IN4O3. The van der Waals surface area contributed by atoms with Gasteiger partial charge in [0, 0.05) is 25.4 Å². The molecule has 0 amide bonds. The number of unbranched alkanes of at least 4 members (excludes halogenated alkanes) is 4. The first-order chi connectivity index (χ1) is 12.9. The van der Waals surface area contributed by atoms with E-state index in [0.29, 0.717) is 25.5 Å². The van der Waals surface area contributed by atoms with Crippen molar-refractivity contribution in [3.63, 3.8) is 0 Å². The minimum atomic E-state index is -0.0882. The fourth-order valence-electron chi connectivity index (χ4n) is 2.48. The van der Waals surface area contributed by atoms with E-state index in [1.54, 1.807) is 13.2 Å². The maximum Gasteiger partial charge on any atom is 0.305 e. The lowest BCUT2D eigenvalue weighted by atomic mass is 9.94. The highest BCUT2D eigenvalue weighted by atomic mass is 127. The SMILES string of the molecule is CCOC(=O)CCCCCCCNC(=NC)NCc1ncc(C(C)(C)C)o1.I. The van der Waals surface area contributed by atoms with Gasteiger partial charge in [-0.1, -0.05) is 40.0 Å². The number of esters is 1. The van der Waals surface area contributed by atoms with Crippen LogP contribution in [0.2, 0.25) is 0 Å². The molecule has 2 N–H and O–H groups in total. The molecule has 8 heteroatoms. The van der Waals surface area contributed by atoms with Crippen LogP contribution in [-0.2, 0) is 21.5 Å². The number of aromatic nitrogens is 1. The molecule has 7 nitrogen and oxygen atoms in total. The number of ether oxygens (including phenoxy) is 1. The molecule has 1 aromatic rings. The monoisotopic (exact) mass is 508 g/mol. The number of nitrogens with zero attached hydrogens (tertiary/aromatic N) is 2. The van der Waals surface area contributed by atoms with Gasteiger partial charge in [-0.2, -0.15) is 0 Å². The minimum absolute atomic E-state index is 0. The lowest BCUT2D eigenvalue weighted by molar-refractivity contribution is -0.143. The first-order valence-electron chi connectivity index (χ1n) is 9.92. The van der Waals surface area contributed by atoms with Gasteiger partial charge in [0.1, 0.15) is 5.76 Å². The Morgan fingerprint density at radius 1 is 1.18 bits per heavy atom. The zero-order valence-electron chi connectivity index (χ0n) is 18.0. The molecule has 0 fully saturated rings. The largest absolute Gasteiger partial charge is 0.466 e. The van der Waals surface area contributed by atoms with Crippen molar-refractivity contribution in [2.75, 3.05) is 20.2 Å². The third kappa shape index (κ3) is 11.5. The smallest absolute Gasteiger partial charge is 0.305 e. The lowest BCUT2D eigenvalue weighted by Crippen LogP contribution is -2.37. The average molecular weight is 508 g/mol. The molecule has 0 aliphatic heterocycles. The van der Waals surface area contributed by atoms with E-state index < -0.39 is 0 Å². The Hall–Kier alpha value is -1.32. The number of nitrogens with one attached hydrogen (secondary N) is 2. The van der Waals surface area contributed by atoms with Crippen molar-refractivity contribution in [1.82, 2.24) is 15.6 Å². The Bertz CT molecular complexity index is 582. The zero-order chi connectivity index (χ0) is 20.1. The summed E-state index contributed by atoms with van der Waals surface area (Å²) in [5, 5.41) is 6.52. The number of guanidine groups is 1. The van der Waals surface area contributed by atoms with Gasteiger partial charge < -0.3 is 19.8 Å². The fraction of sp³-hybridized carbons (Fsp3) is 0.750. The van der Waals surface area contributed by atoms with E-state index >= 15 is 0 Å². The van der Waals surface area contributed by atoms with Crippen molar-refractivity contribution < 1.29 is 13.9 Å². The van der Waals surface area contributed by atoms with E-state index in [0.717, 1.165) is 50.4 Å². The number of rotatable bonds is 11. The van der Waals surface area contributed by atoms with E-state index in [1.807, 2.05) is 6.92 Å². The van der Waals surface area contributed by atoms with Crippen LogP contribution in [0.3, 0.4) is 0 Å². The van der Waals surface area contributed by atoms with Crippen LogP contribution in [0.4, 0.5) is 0 Å². The molecule has 0 saturated heterocycles. The van der Waals surface area contributed by atoms with E-state index in [-0.39, 0.29) is 35.4 Å². The van der Waals surface area contributed by atoms with Crippen LogP contribution in [0.25, 0.3) is 0 Å². The molecule has 0 atom stereocenters. The van der Waals surface area contributed by atoms with Gasteiger partial charge in [-0.05, 0) is 19.8 Å². The third-order valence-electron chi connectivity index (χ3n) is 4.08. The molecule has 0 aromatic carbocycles. The summed E-state index contributed by atoms with van der Waals surface area (Å²) in [6.07, 6.45) is 7.59. The summed E-state index contributed by atoms with van der Waals surface area (Å²) in [7, 11) is 1.75. The quantitative estimate of drug-likeness (QED) is 0.154. The van der Waals surface area contributed by atoms with Crippen molar-refractivity contribution in [2.45, 2.75) is 78.2 Å². The van der Waals surface area contributed by atoms with E-state index in [2.05, 4.69) is 41.4 Å². The second-order valence-corrected chi connectivity index (χ2v) is 7.54. The van der Waals surface area contributed by atoms with Crippen molar-refractivity contribution in [2.24, 2.45) is 4.99 Å². The number of halogens is 1. The molecule has 0 aliphatic rings. The molecular weight excluding hydrogens is 471 g/mol. The molecule has 0 saturated carbocycles. The normalized spacial score (nSPS) is 11.7. The van der Waals surface area contributed by atoms with Gasteiger partial charge in [-0.25, -0.2) is 4.98 Å².